The van der Waals surface area contributed by atoms with E-state index in [1.807, 2.05) is 7.05 Å². The average Bonchev–Trinajstić information content (AvgIpc) is 2.23. The fraction of sp³-hybridized carbons (Fsp3) is 0.857. The van der Waals surface area contributed by atoms with Gasteiger partial charge in [0.25, 0.3) is 0 Å². The molecule has 19 heavy (non-hydrogen) atoms. The first kappa shape index (κ1) is 18.3. The molecular formula is C14H29N3OS. The van der Waals surface area contributed by atoms with Crippen molar-refractivity contribution in [2.45, 2.75) is 34.1 Å². The van der Waals surface area contributed by atoms with E-state index < -0.39 is 0 Å². The summed E-state index contributed by atoms with van der Waals surface area (Å²) in [5, 5.41) is 0. The van der Waals surface area contributed by atoms with Crippen molar-refractivity contribution >= 4 is 23.1 Å². The summed E-state index contributed by atoms with van der Waals surface area (Å²) in [6, 6.07) is 0. The minimum absolute atomic E-state index is 0.137. The number of thiocarbonyl (C=S) groups is 1. The van der Waals surface area contributed by atoms with E-state index in [2.05, 4.69) is 32.6 Å². The summed E-state index contributed by atoms with van der Waals surface area (Å²) in [5.41, 5.74) is 5.46. The summed E-state index contributed by atoms with van der Waals surface area (Å²) in [5.74, 6) is 1.26. The second kappa shape index (κ2) is 9.26. The Labute approximate surface area is 123 Å². The van der Waals surface area contributed by atoms with Crippen LogP contribution in [0.3, 0.4) is 0 Å². The van der Waals surface area contributed by atoms with Crippen molar-refractivity contribution in [3.63, 3.8) is 0 Å². The lowest BCUT2D eigenvalue weighted by Crippen LogP contribution is -2.42. The Bertz CT molecular complexity index is 282. The minimum Gasteiger partial charge on any atom is -0.393 e. The highest BCUT2D eigenvalue weighted by Crippen LogP contribution is 2.04. The van der Waals surface area contributed by atoms with Gasteiger partial charge in [-0.05, 0) is 11.8 Å². The van der Waals surface area contributed by atoms with Crippen LogP contribution in [0.1, 0.15) is 34.1 Å². The molecule has 112 valence electrons. The van der Waals surface area contributed by atoms with Gasteiger partial charge in [-0.1, -0.05) is 39.9 Å². The normalized spacial score (nSPS) is 11.4. The summed E-state index contributed by atoms with van der Waals surface area (Å²) in [4.78, 5) is 16.5. The molecule has 0 spiro atoms. The topological polar surface area (TPSA) is 49.6 Å². The minimum atomic E-state index is 0.137. The molecule has 0 bridgehead atoms. The molecule has 0 aromatic carbocycles. The highest BCUT2D eigenvalue weighted by molar-refractivity contribution is 7.80. The molecule has 0 aromatic heterocycles. The largest absolute Gasteiger partial charge is 0.393 e. The van der Waals surface area contributed by atoms with Crippen LogP contribution in [0.5, 0.6) is 0 Å². The van der Waals surface area contributed by atoms with Gasteiger partial charge < -0.3 is 10.6 Å². The van der Waals surface area contributed by atoms with Gasteiger partial charge in [0, 0.05) is 33.1 Å². The molecule has 0 aromatic rings. The van der Waals surface area contributed by atoms with E-state index in [9.17, 15) is 4.79 Å². The van der Waals surface area contributed by atoms with Crippen molar-refractivity contribution in [3.05, 3.63) is 0 Å². The fourth-order valence-corrected chi connectivity index (χ4v) is 2.04. The zero-order valence-electron chi connectivity index (χ0n) is 13.0. The second-order valence-corrected chi connectivity index (χ2v) is 6.54. The maximum Gasteiger partial charge on any atom is 0.236 e. The summed E-state index contributed by atoms with van der Waals surface area (Å²) in [6.45, 7) is 11.7. The lowest BCUT2D eigenvalue weighted by atomic mass is 10.1. The Morgan fingerprint density at radius 1 is 1.16 bits per heavy atom. The molecule has 0 rings (SSSR count). The highest BCUT2D eigenvalue weighted by atomic mass is 32.1. The summed E-state index contributed by atoms with van der Waals surface area (Å²) >= 11 is 4.83. The smallest absolute Gasteiger partial charge is 0.236 e. The Morgan fingerprint density at radius 2 is 1.63 bits per heavy atom. The number of carbonyl (C=O) groups excluding carboxylic acids is 1. The molecule has 0 aliphatic carbocycles. The average molecular weight is 287 g/mol. The second-order valence-electron chi connectivity index (χ2n) is 6.01. The van der Waals surface area contributed by atoms with E-state index in [0.29, 0.717) is 36.3 Å². The highest BCUT2D eigenvalue weighted by Gasteiger charge is 2.16. The fourth-order valence-electron chi connectivity index (χ4n) is 1.95. The van der Waals surface area contributed by atoms with Crippen molar-refractivity contribution in [2.24, 2.45) is 17.6 Å². The van der Waals surface area contributed by atoms with Crippen LogP contribution in [0, 0.1) is 11.8 Å². The van der Waals surface area contributed by atoms with E-state index in [-0.39, 0.29) is 5.91 Å². The van der Waals surface area contributed by atoms with Crippen LogP contribution in [0.15, 0.2) is 0 Å². The molecule has 0 aliphatic rings. The molecule has 0 radical (unpaired) electrons. The lowest BCUT2D eigenvalue weighted by Gasteiger charge is -2.27. The molecule has 0 saturated carbocycles. The van der Waals surface area contributed by atoms with E-state index in [1.165, 1.54) is 0 Å². The maximum absolute atomic E-state index is 12.1. The molecule has 4 nitrogen and oxygen atoms in total. The maximum atomic E-state index is 12.1. The lowest BCUT2D eigenvalue weighted by molar-refractivity contribution is -0.131. The van der Waals surface area contributed by atoms with E-state index >= 15 is 0 Å². The van der Waals surface area contributed by atoms with Gasteiger partial charge in [-0.25, -0.2) is 0 Å². The zero-order chi connectivity index (χ0) is 15.0. The number of carbonyl (C=O) groups is 1. The molecule has 0 heterocycles. The van der Waals surface area contributed by atoms with Gasteiger partial charge in [-0.3, -0.25) is 9.69 Å². The van der Waals surface area contributed by atoms with Gasteiger partial charge in [0.05, 0.1) is 11.5 Å². The number of hydrogen-bond donors (Lipinski definition) is 1. The SMILES string of the molecule is CC(C)CN(CC(=O)N(C)CCC(N)=S)CC(C)C. The third kappa shape index (κ3) is 9.85. The van der Waals surface area contributed by atoms with Crippen LogP contribution < -0.4 is 5.73 Å². The van der Waals surface area contributed by atoms with Gasteiger partial charge in [-0.15, -0.1) is 0 Å². The summed E-state index contributed by atoms with van der Waals surface area (Å²) in [6.07, 6.45) is 0.589. The Balaban J connectivity index is 4.31. The Morgan fingerprint density at radius 3 is 2.00 bits per heavy atom. The quantitative estimate of drug-likeness (QED) is 0.656. The predicted octanol–water partition coefficient (Wildman–Crippen LogP) is 1.73. The standard InChI is InChI=1S/C14H29N3OS/c1-11(2)8-17(9-12(3)4)10-14(18)16(5)7-6-13(15)19/h11-12H,6-10H2,1-5H3,(H2,15,19). The molecule has 0 unspecified atom stereocenters. The molecule has 0 aliphatic heterocycles. The van der Waals surface area contributed by atoms with Crippen molar-refractivity contribution in [3.8, 4) is 0 Å². The third-order valence-corrected chi connectivity index (χ3v) is 2.93. The zero-order valence-corrected chi connectivity index (χ0v) is 13.8. The number of amides is 1. The first-order chi connectivity index (χ1) is 8.72. The van der Waals surface area contributed by atoms with E-state index in [1.54, 1.807) is 4.90 Å². The first-order valence-electron chi connectivity index (χ1n) is 6.97. The monoisotopic (exact) mass is 287 g/mol. The predicted molar refractivity (Wildman–Crippen MR) is 85.2 cm³/mol. The van der Waals surface area contributed by atoms with E-state index in [0.717, 1.165) is 13.1 Å². The van der Waals surface area contributed by atoms with Crippen molar-refractivity contribution in [2.75, 3.05) is 33.2 Å². The van der Waals surface area contributed by atoms with Crippen LogP contribution in [-0.4, -0.2) is 53.9 Å². The summed E-state index contributed by atoms with van der Waals surface area (Å²) in [7, 11) is 1.81. The van der Waals surface area contributed by atoms with Gasteiger partial charge in [0.15, 0.2) is 0 Å². The molecule has 0 saturated heterocycles. The van der Waals surface area contributed by atoms with Crippen LogP contribution in [0.2, 0.25) is 0 Å². The molecular weight excluding hydrogens is 258 g/mol. The Hall–Kier alpha value is -0.680. The Kier molecular flexibility index (Phi) is 8.93. The van der Waals surface area contributed by atoms with Gasteiger partial charge in [0.2, 0.25) is 5.91 Å². The van der Waals surface area contributed by atoms with Crippen molar-refractivity contribution in [1.82, 2.24) is 9.80 Å². The van der Waals surface area contributed by atoms with Crippen LogP contribution in [-0.2, 0) is 4.79 Å². The van der Waals surface area contributed by atoms with Gasteiger partial charge >= 0.3 is 0 Å². The van der Waals surface area contributed by atoms with Gasteiger partial charge in [-0.2, -0.15) is 0 Å². The van der Waals surface area contributed by atoms with Crippen LogP contribution in [0.4, 0.5) is 0 Å². The summed E-state index contributed by atoms with van der Waals surface area (Å²) < 4.78 is 0. The van der Waals surface area contributed by atoms with Gasteiger partial charge in [0.1, 0.15) is 0 Å². The van der Waals surface area contributed by atoms with Crippen LogP contribution in [0.25, 0.3) is 0 Å². The number of likely N-dealkylation sites (N-methyl/N-ethyl adjacent to an activating group) is 1. The van der Waals surface area contributed by atoms with Crippen molar-refractivity contribution < 1.29 is 4.79 Å². The number of rotatable bonds is 9. The molecule has 0 atom stereocenters. The first-order valence-corrected chi connectivity index (χ1v) is 7.37. The molecule has 2 N–H and O–H groups in total. The number of hydrogen-bond acceptors (Lipinski definition) is 3. The molecule has 5 heteroatoms. The molecule has 1 amide bonds. The number of nitrogens with zero attached hydrogens (tertiary/aromatic N) is 2. The molecule has 0 fully saturated rings. The van der Waals surface area contributed by atoms with E-state index in [4.69, 9.17) is 18.0 Å². The van der Waals surface area contributed by atoms with Crippen molar-refractivity contribution in [1.29, 1.82) is 0 Å². The van der Waals surface area contributed by atoms with Crippen LogP contribution >= 0.6 is 12.2 Å². The number of nitrogens with two attached hydrogens (primary N) is 1. The third-order valence-electron chi connectivity index (χ3n) is 2.72.